The summed E-state index contributed by atoms with van der Waals surface area (Å²) in [6, 6.07) is 5.87. The Morgan fingerprint density at radius 1 is 1.30 bits per heavy atom. The van der Waals surface area contributed by atoms with E-state index in [0.29, 0.717) is 19.5 Å². The number of hydrogen-bond acceptors (Lipinski definition) is 4. The van der Waals surface area contributed by atoms with Gasteiger partial charge in [0.15, 0.2) is 0 Å². The second-order valence-electron chi connectivity index (χ2n) is 7.65. The molecular formula is C21H33N3O3. The summed E-state index contributed by atoms with van der Waals surface area (Å²) in [5.74, 6) is 0.0309. The second-order valence-corrected chi connectivity index (χ2v) is 7.65. The van der Waals surface area contributed by atoms with Crippen molar-refractivity contribution in [3.8, 4) is 0 Å². The number of amides is 2. The molecule has 0 unspecified atom stereocenters. The maximum atomic E-state index is 12.8. The van der Waals surface area contributed by atoms with Gasteiger partial charge >= 0.3 is 0 Å². The molecule has 150 valence electrons. The fourth-order valence-corrected chi connectivity index (χ4v) is 3.31. The minimum atomic E-state index is -0.0720. The van der Waals surface area contributed by atoms with Gasteiger partial charge < -0.3 is 19.9 Å². The Labute approximate surface area is 162 Å². The second kappa shape index (κ2) is 9.74. The summed E-state index contributed by atoms with van der Waals surface area (Å²) in [5, 5.41) is 2.91. The number of benzene rings is 1. The van der Waals surface area contributed by atoms with E-state index in [1.54, 1.807) is 0 Å². The molecular weight excluding hydrogens is 342 g/mol. The summed E-state index contributed by atoms with van der Waals surface area (Å²) in [5.41, 5.74) is 2.82. The first-order chi connectivity index (χ1) is 12.8. The van der Waals surface area contributed by atoms with Gasteiger partial charge in [-0.2, -0.15) is 0 Å². The van der Waals surface area contributed by atoms with Crippen molar-refractivity contribution in [2.45, 2.75) is 52.7 Å². The first-order valence-electron chi connectivity index (χ1n) is 9.82. The molecule has 0 spiro atoms. The topological polar surface area (TPSA) is 61.9 Å². The summed E-state index contributed by atoms with van der Waals surface area (Å²) in [7, 11) is 3.97. The predicted octanol–water partition coefficient (Wildman–Crippen LogP) is 3.26. The van der Waals surface area contributed by atoms with Crippen LogP contribution in [0.3, 0.4) is 0 Å². The smallest absolute Gasteiger partial charge is 0.225 e. The lowest BCUT2D eigenvalue weighted by Crippen LogP contribution is -2.39. The van der Waals surface area contributed by atoms with Crippen molar-refractivity contribution in [3.05, 3.63) is 23.8 Å². The number of carbonyl (C=O) groups excluding carboxylic acids is 2. The fraction of sp³-hybridized carbons (Fsp3) is 0.619. The van der Waals surface area contributed by atoms with Crippen LogP contribution in [0, 0.1) is 5.92 Å². The largest absolute Gasteiger partial charge is 0.377 e. The Bertz CT molecular complexity index is 652. The maximum absolute atomic E-state index is 12.8. The summed E-state index contributed by atoms with van der Waals surface area (Å²) >= 11 is 0. The van der Waals surface area contributed by atoms with Gasteiger partial charge in [0.05, 0.1) is 6.10 Å². The minimum absolute atomic E-state index is 0.0204. The van der Waals surface area contributed by atoms with E-state index in [0.717, 1.165) is 36.4 Å². The van der Waals surface area contributed by atoms with Gasteiger partial charge in [0.2, 0.25) is 11.8 Å². The predicted molar refractivity (Wildman–Crippen MR) is 109 cm³/mol. The Balaban J connectivity index is 2.28. The van der Waals surface area contributed by atoms with Crippen LogP contribution in [0.5, 0.6) is 0 Å². The molecule has 1 aliphatic rings. The summed E-state index contributed by atoms with van der Waals surface area (Å²) < 4.78 is 5.76. The molecule has 0 aliphatic carbocycles. The van der Waals surface area contributed by atoms with Crippen molar-refractivity contribution in [1.82, 2.24) is 4.90 Å². The average Bonchev–Trinajstić information content (AvgIpc) is 3.13. The maximum Gasteiger partial charge on any atom is 0.225 e. The molecule has 0 aromatic heterocycles. The van der Waals surface area contributed by atoms with Gasteiger partial charge in [-0.25, -0.2) is 0 Å². The lowest BCUT2D eigenvalue weighted by atomic mass is 10.1. The molecule has 27 heavy (non-hydrogen) atoms. The van der Waals surface area contributed by atoms with E-state index in [4.69, 9.17) is 4.74 Å². The first-order valence-corrected chi connectivity index (χ1v) is 9.82. The molecule has 1 aromatic carbocycles. The van der Waals surface area contributed by atoms with Crippen LogP contribution in [0.25, 0.3) is 0 Å². The third-order valence-electron chi connectivity index (χ3n) is 4.78. The van der Waals surface area contributed by atoms with Crippen LogP contribution in [0.2, 0.25) is 0 Å². The highest BCUT2D eigenvalue weighted by Crippen LogP contribution is 2.26. The quantitative estimate of drug-likeness (QED) is 0.758. The molecule has 6 nitrogen and oxygen atoms in total. The van der Waals surface area contributed by atoms with Crippen LogP contribution in [0.15, 0.2) is 18.2 Å². The van der Waals surface area contributed by atoms with Crippen molar-refractivity contribution in [2.24, 2.45) is 5.92 Å². The lowest BCUT2D eigenvalue weighted by molar-refractivity contribution is -0.136. The number of anilines is 2. The standard InChI is InChI=1S/C21H33N3O3/c1-6-20(25)22-17-9-10-19(23(4)5)16(12-17)13-24(21(26)15(2)3)14-18-8-7-11-27-18/h9-10,12,15,18H,6-8,11,13-14H2,1-5H3,(H,22,25)/t18-/m1/s1. The molecule has 6 heteroatoms. The Kier molecular flexibility index (Phi) is 7.66. The van der Waals surface area contributed by atoms with Crippen molar-refractivity contribution in [3.63, 3.8) is 0 Å². The van der Waals surface area contributed by atoms with Gasteiger partial charge in [0.25, 0.3) is 0 Å². The van der Waals surface area contributed by atoms with Crippen LogP contribution in [0.1, 0.15) is 45.6 Å². The number of ether oxygens (including phenoxy) is 1. The highest BCUT2D eigenvalue weighted by atomic mass is 16.5. The number of nitrogens with zero attached hydrogens (tertiary/aromatic N) is 2. The monoisotopic (exact) mass is 375 g/mol. The third kappa shape index (κ3) is 5.96. The average molecular weight is 376 g/mol. The lowest BCUT2D eigenvalue weighted by Gasteiger charge is -2.29. The van der Waals surface area contributed by atoms with E-state index in [1.807, 2.05) is 62.9 Å². The van der Waals surface area contributed by atoms with Gasteiger partial charge in [-0.05, 0) is 36.6 Å². The van der Waals surface area contributed by atoms with Gasteiger partial charge in [0, 0.05) is 57.5 Å². The van der Waals surface area contributed by atoms with Crippen molar-refractivity contribution in [1.29, 1.82) is 0 Å². The van der Waals surface area contributed by atoms with Crippen LogP contribution in [-0.2, 0) is 20.9 Å². The van der Waals surface area contributed by atoms with Crippen LogP contribution in [-0.4, -0.2) is 50.1 Å². The third-order valence-corrected chi connectivity index (χ3v) is 4.78. The zero-order valence-corrected chi connectivity index (χ0v) is 17.2. The normalized spacial score (nSPS) is 16.4. The van der Waals surface area contributed by atoms with Gasteiger partial charge in [0.1, 0.15) is 0 Å². The van der Waals surface area contributed by atoms with Crippen molar-refractivity contribution in [2.75, 3.05) is 37.5 Å². The summed E-state index contributed by atoms with van der Waals surface area (Å²) in [6.45, 7) is 7.56. The molecule has 0 radical (unpaired) electrons. The van der Waals surface area contributed by atoms with E-state index < -0.39 is 0 Å². The van der Waals surface area contributed by atoms with Gasteiger partial charge in [-0.15, -0.1) is 0 Å². The molecule has 0 bridgehead atoms. The first kappa shape index (κ1) is 21.2. The van der Waals surface area contributed by atoms with Crippen molar-refractivity contribution >= 4 is 23.2 Å². The van der Waals surface area contributed by atoms with Crippen LogP contribution in [0.4, 0.5) is 11.4 Å². The molecule has 1 atom stereocenters. The highest BCUT2D eigenvalue weighted by molar-refractivity contribution is 5.91. The summed E-state index contributed by atoms with van der Waals surface area (Å²) in [4.78, 5) is 28.5. The Morgan fingerprint density at radius 3 is 2.59 bits per heavy atom. The van der Waals surface area contributed by atoms with E-state index in [9.17, 15) is 9.59 Å². The molecule has 1 fully saturated rings. The number of hydrogen-bond donors (Lipinski definition) is 1. The molecule has 1 aromatic rings. The Morgan fingerprint density at radius 2 is 2.04 bits per heavy atom. The molecule has 0 saturated carbocycles. The van der Waals surface area contributed by atoms with E-state index in [1.165, 1.54) is 0 Å². The molecule has 2 rings (SSSR count). The minimum Gasteiger partial charge on any atom is -0.377 e. The summed E-state index contributed by atoms with van der Waals surface area (Å²) in [6.07, 6.45) is 2.59. The number of nitrogens with one attached hydrogen (secondary N) is 1. The van der Waals surface area contributed by atoms with E-state index in [2.05, 4.69) is 5.32 Å². The van der Waals surface area contributed by atoms with E-state index >= 15 is 0 Å². The van der Waals surface area contributed by atoms with Crippen LogP contribution < -0.4 is 10.2 Å². The number of carbonyl (C=O) groups is 2. The number of rotatable bonds is 8. The molecule has 1 aliphatic heterocycles. The zero-order valence-electron chi connectivity index (χ0n) is 17.2. The van der Waals surface area contributed by atoms with Crippen LogP contribution >= 0.6 is 0 Å². The van der Waals surface area contributed by atoms with E-state index in [-0.39, 0.29) is 23.8 Å². The Hall–Kier alpha value is -2.08. The molecule has 1 N–H and O–H groups in total. The molecule has 1 heterocycles. The highest BCUT2D eigenvalue weighted by Gasteiger charge is 2.25. The zero-order chi connectivity index (χ0) is 20.0. The molecule has 1 saturated heterocycles. The SMILES string of the molecule is CCC(=O)Nc1ccc(N(C)C)c(CN(C[C@H]2CCCO2)C(=O)C(C)C)c1. The molecule has 2 amide bonds. The van der Waals surface area contributed by atoms with Crippen molar-refractivity contribution < 1.29 is 14.3 Å². The van der Waals surface area contributed by atoms with Gasteiger partial charge in [-0.3, -0.25) is 9.59 Å². The fourth-order valence-electron chi connectivity index (χ4n) is 3.31. The van der Waals surface area contributed by atoms with Gasteiger partial charge in [-0.1, -0.05) is 20.8 Å².